The molecular weight excluding hydrogens is 276 g/mol. The van der Waals surface area contributed by atoms with Gasteiger partial charge in [0.1, 0.15) is 5.60 Å². The van der Waals surface area contributed by atoms with Crippen molar-refractivity contribution in [1.29, 1.82) is 0 Å². The predicted octanol–water partition coefficient (Wildman–Crippen LogP) is 1.20. The van der Waals surface area contributed by atoms with Crippen molar-refractivity contribution >= 4 is 18.0 Å². The van der Waals surface area contributed by atoms with Gasteiger partial charge in [0.25, 0.3) is 0 Å². The van der Waals surface area contributed by atoms with E-state index < -0.39 is 17.7 Å². The summed E-state index contributed by atoms with van der Waals surface area (Å²) in [6.07, 6.45) is 2.25. The second-order valence-electron chi connectivity index (χ2n) is 5.14. The first-order valence-electron chi connectivity index (χ1n) is 6.43. The van der Waals surface area contributed by atoms with E-state index in [0.717, 1.165) is 0 Å². The molecule has 8 heteroatoms. The lowest BCUT2D eigenvalue weighted by Crippen LogP contribution is -2.35. The van der Waals surface area contributed by atoms with E-state index in [1.165, 1.54) is 19.5 Å². The molecule has 0 saturated heterocycles. The highest BCUT2D eigenvalue weighted by Crippen LogP contribution is 2.06. The molecule has 2 N–H and O–H groups in total. The summed E-state index contributed by atoms with van der Waals surface area (Å²) in [7, 11) is 1.29. The third-order valence-electron chi connectivity index (χ3n) is 2.15. The van der Waals surface area contributed by atoms with E-state index in [2.05, 4.69) is 25.3 Å². The molecule has 0 aromatic carbocycles. The average molecular weight is 296 g/mol. The van der Waals surface area contributed by atoms with Crippen molar-refractivity contribution in [2.75, 3.05) is 25.5 Å². The van der Waals surface area contributed by atoms with E-state index in [-0.39, 0.29) is 5.56 Å². The Kier molecular flexibility index (Phi) is 5.89. The molecule has 1 heterocycles. The summed E-state index contributed by atoms with van der Waals surface area (Å²) in [5.41, 5.74) is -0.250. The number of aromatic nitrogens is 2. The van der Waals surface area contributed by atoms with Gasteiger partial charge in [-0.15, -0.1) is 0 Å². The molecule has 1 aromatic rings. The van der Waals surface area contributed by atoms with E-state index in [0.29, 0.717) is 19.0 Å². The van der Waals surface area contributed by atoms with Crippen molar-refractivity contribution in [3.8, 4) is 0 Å². The maximum Gasteiger partial charge on any atom is 0.407 e. The minimum absolute atomic E-state index is 0.273. The molecule has 1 rings (SSSR count). The fraction of sp³-hybridized carbons (Fsp3) is 0.538. The minimum Gasteiger partial charge on any atom is -0.465 e. The number of esters is 1. The fourth-order valence-corrected chi connectivity index (χ4v) is 1.30. The Morgan fingerprint density at radius 2 is 1.81 bits per heavy atom. The third-order valence-corrected chi connectivity index (χ3v) is 2.15. The van der Waals surface area contributed by atoms with Gasteiger partial charge in [-0.05, 0) is 20.8 Å². The summed E-state index contributed by atoms with van der Waals surface area (Å²) in [6.45, 7) is 6.17. The number of carbonyl (C=O) groups excluding carboxylic acids is 2. The van der Waals surface area contributed by atoms with Gasteiger partial charge in [0.15, 0.2) is 0 Å². The van der Waals surface area contributed by atoms with Crippen LogP contribution in [0.4, 0.5) is 10.7 Å². The van der Waals surface area contributed by atoms with E-state index in [9.17, 15) is 9.59 Å². The van der Waals surface area contributed by atoms with Crippen LogP contribution in [0.2, 0.25) is 0 Å². The van der Waals surface area contributed by atoms with Crippen LogP contribution in [0.25, 0.3) is 0 Å². The van der Waals surface area contributed by atoms with Crippen molar-refractivity contribution in [1.82, 2.24) is 15.3 Å². The lowest BCUT2D eigenvalue weighted by molar-refractivity contribution is 0.0528. The Bertz CT molecular complexity index is 482. The first-order valence-corrected chi connectivity index (χ1v) is 6.43. The minimum atomic E-state index is -0.523. The van der Waals surface area contributed by atoms with Gasteiger partial charge in [0.05, 0.1) is 12.7 Å². The molecular formula is C13H20N4O4. The molecule has 21 heavy (non-hydrogen) atoms. The van der Waals surface area contributed by atoms with Gasteiger partial charge in [-0.1, -0.05) is 0 Å². The Morgan fingerprint density at radius 3 is 2.33 bits per heavy atom. The van der Waals surface area contributed by atoms with Crippen molar-refractivity contribution in [3.05, 3.63) is 18.0 Å². The van der Waals surface area contributed by atoms with Gasteiger partial charge in [0, 0.05) is 25.5 Å². The van der Waals surface area contributed by atoms with Crippen molar-refractivity contribution < 1.29 is 19.1 Å². The van der Waals surface area contributed by atoms with E-state index in [1.807, 2.05) is 0 Å². The van der Waals surface area contributed by atoms with Crippen LogP contribution < -0.4 is 10.6 Å². The van der Waals surface area contributed by atoms with Crippen LogP contribution in [0, 0.1) is 0 Å². The standard InChI is InChI=1S/C13H20N4O4/c1-13(2,3)21-12(19)15-6-5-14-11-16-7-9(8-17-11)10(18)20-4/h7-8H,5-6H2,1-4H3,(H,15,19)(H,14,16,17). The Labute approximate surface area is 123 Å². The molecule has 0 unspecified atom stereocenters. The van der Waals surface area contributed by atoms with Crippen molar-refractivity contribution in [2.24, 2.45) is 0 Å². The predicted molar refractivity (Wildman–Crippen MR) is 76.1 cm³/mol. The van der Waals surface area contributed by atoms with E-state index >= 15 is 0 Å². The molecule has 0 atom stereocenters. The normalized spacial score (nSPS) is 10.7. The van der Waals surface area contributed by atoms with Gasteiger partial charge in [0.2, 0.25) is 5.95 Å². The number of carbonyl (C=O) groups is 2. The van der Waals surface area contributed by atoms with Crippen LogP contribution in [0.1, 0.15) is 31.1 Å². The second kappa shape index (κ2) is 7.41. The molecule has 0 saturated carbocycles. The monoisotopic (exact) mass is 296 g/mol. The van der Waals surface area contributed by atoms with Gasteiger partial charge in [-0.2, -0.15) is 0 Å². The van der Waals surface area contributed by atoms with Crippen LogP contribution in [0.15, 0.2) is 12.4 Å². The molecule has 0 spiro atoms. The summed E-state index contributed by atoms with van der Waals surface area (Å²) in [4.78, 5) is 30.5. The number of rotatable bonds is 5. The molecule has 8 nitrogen and oxygen atoms in total. The lowest BCUT2D eigenvalue weighted by atomic mass is 10.2. The molecule has 0 bridgehead atoms. The zero-order valence-corrected chi connectivity index (χ0v) is 12.6. The first-order chi connectivity index (χ1) is 9.81. The second-order valence-corrected chi connectivity index (χ2v) is 5.14. The maximum atomic E-state index is 11.4. The molecule has 0 fully saturated rings. The summed E-state index contributed by atoms with van der Waals surface area (Å²) in [6, 6.07) is 0. The highest BCUT2D eigenvalue weighted by molar-refractivity contribution is 5.88. The SMILES string of the molecule is COC(=O)c1cnc(NCCNC(=O)OC(C)(C)C)nc1. The smallest absolute Gasteiger partial charge is 0.407 e. The Hall–Kier alpha value is -2.38. The molecule has 1 aromatic heterocycles. The zero-order chi connectivity index (χ0) is 15.9. The number of ether oxygens (including phenoxy) is 2. The summed E-state index contributed by atoms with van der Waals surface area (Å²) < 4.78 is 9.62. The highest BCUT2D eigenvalue weighted by atomic mass is 16.6. The lowest BCUT2D eigenvalue weighted by Gasteiger charge is -2.19. The average Bonchev–Trinajstić information content (AvgIpc) is 2.41. The number of anilines is 1. The van der Waals surface area contributed by atoms with Gasteiger partial charge < -0.3 is 20.1 Å². The molecule has 1 amide bonds. The fourth-order valence-electron chi connectivity index (χ4n) is 1.30. The molecule has 0 aliphatic heterocycles. The van der Waals surface area contributed by atoms with Gasteiger partial charge >= 0.3 is 12.1 Å². The van der Waals surface area contributed by atoms with Crippen LogP contribution in [-0.4, -0.2) is 47.8 Å². The van der Waals surface area contributed by atoms with Gasteiger partial charge in [-0.25, -0.2) is 19.6 Å². The van der Waals surface area contributed by atoms with Crippen molar-refractivity contribution in [2.45, 2.75) is 26.4 Å². The van der Waals surface area contributed by atoms with Crippen LogP contribution in [-0.2, 0) is 9.47 Å². The molecule has 116 valence electrons. The summed E-state index contributed by atoms with van der Waals surface area (Å²) in [5, 5.41) is 5.50. The third kappa shape index (κ3) is 6.55. The number of hydrogen-bond acceptors (Lipinski definition) is 7. The number of methoxy groups -OCH3 is 1. The largest absolute Gasteiger partial charge is 0.465 e. The Balaban J connectivity index is 2.30. The van der Waals surface area contributed by atoms with E-state index in [1.54, 1.807) is 20.8 Å². The van der Waals surface area contributed by atoms with Gasteiger partial charge in [-0.3, -0.25) is 0 Å². The number of alkyl carbamates (subject to hydrolysis) is 1. The van der Waals surface area contributed by atoms with Crippen LogP contribution >= 0.6 is 0 Å². The summed E-state index contributed by atoms with van der Waals surface area (Å²) >= 11 is 0. The number of nitrogens with zero attached hydrogens (tertiary/aromatic N) is 2. The highest BCUT2D eigenvalue weighted by Gasteiger charge is 2.15. The van der Waals surface area contributed by atoms with Crippen LogP contribution in [0.5, 0.6) is 0 Å². The van der Waals surface area contributed by atoms with E-state index in [4.69, 9.17) is 4.74 Å². The zero-order valence-electron chi connectivity index (χ0n) is 12.6. The number of amides is 1. The first kappa shape index (κ1) is 16.7. The number of hydrogen-bond donors (Lipinski definition) is 2. The quantitative estimate of drug-likeness (QED) is 0.621. The maximum absolute atomic E-state index is 11.4. The molecule has 0 aliphatic rings. The molecule has 0 aliphatic carbocycles. The van der Waals surface area contributed by atoms with Crippen molar-refractivity contribution in [3.63, 3.8) is 0 Å². The number of nitrogens with one attached hydrogen (secondary N) is 2. The molecule has 0 radical (unpaired) electrons. The topological polar surface area (TPSA) is 102 Å². The van der Waals surface area contributed by atoms with Crippen LogP contribution in [0.3, 0.4) is 0 Å². The Morgan fingerprint density at radius 1 is 1.19 bits per heavy atom. The summed E-state index contributed by atoms with van der Waals surface area (Å²) in [5.74, 6) is -0.137.